The molecule has 0 saturated carbocycles. The molecular formula is C14H19N3O2S2. The number of esters is 1. The number of nitrogens with one attached hydrogen (secondary N) is 1. The molecule has 0 aromatic carbocycles. The second-order valence-electron chi connectivity index (χ2n) is 5.04. The summed E-state index contributed by atoms with van der Waals surface area (Å²) in [5.74, 6) is -0.178. The van der Waals surface area contributed by atoms with Crippen LogP contribution in [0.5, 0.6) is 0 Å². The van der Waals surface area contributed by atoms with E-state index in [1.807, 2.05) is 17.7 Å². The Balaban J connectivity index is 1.92. The van der Waals surface area contributed by atoms with Crippen LogP contribution in [-0.4, -0.2) is 22.5 Å². The third-order valence-electron chi connectivity index (χ3n) is 2.83. The van der Waals surface area contributed by atoms with Crippen LogP contribution in [0.25, 0.3) is 0 Å². The maximum atomic E-state index is 11.3. The Morgan fingerprint density at radius 1 is 1.43 bits per heavy atom. The topological polar surface area (TPSA) is 64.1 Å². The van der Waals surface area contributed by atoms with Crippen LogP contribution in [-0.2, 0) is 21.5 Å². The highest BCUT2D eigenvalue weighted by molar-refractivity contribution is 7.13. The molecule has 7 heteroatoms. The maximum Gasteiger partial charge on any atom is 0.306 e. The molecule has 0 bridgehead atoms. The molecule has 0 spiro atoms. The highest BCUT2D eigenvalue weighted by atomic mass is 32.1. The zero-order valence-corrected chi connectivity index (χ0v) is 14.0. The molecule has 1 N–H and O–H groups in total. The lowest BCUT2D eigenvalue weighted by atomic mass is 10.1. The third-order valence-corrected chi connectivity index (χ3v) is 4.73. The monoisotopic (exact) mass is 325 g/mol. The van der Waals surface area contributed by atoms with E-state index < -0.39 is 0 Å². The SMILES string of the molecule is CCOC(=O)CCc1csc(NC(C)(C)c2nccs2)n1. The summed E-state index contributed by atoms with van der Waals surface area (Å²) in [6.45, 7) is 6.38. The lowest BCUT2D eigenvalue weighted by Crippen LogP contribution is -2.27. The van der Waals surface area contributed by atoms with E-state index in [9.17, 15) is 4.79 Å². The Morgan fingerprint density at radius 3 is 2.90 bits per heavy atom. The van der Waals surface area contributed by atoms with Crippen LogP contribution in [0.3, 0.4) is 0 Å². The molecule has 0 aliphatic carbocycles. The number of rotatable bonds is 7. The number of hydrogen-bond donors (Lipinski definition) is 1. The highest BCUT2D eigenvalue weighted by Crippen LogP contribution is 2.28. The molecule has 0 aliphatic rings. The molecule has 0 amide bonds. The number of carbonyl (C=O) groups excluding carboxylic acids is 1. The zero-order valence-electron chi connectivity index (χ0n) is 12.4. The van der Waals surface area contributed by atoms with Gasteiger partial charge in [0.2, 0.25) is 0 Å². The van der Waals surface area contributed by atoms with Gasteiger partial charge in [0, 0.05) is 23.4 Å². The Bertz CT molecular complexity index is 579. The fourth-order valence-corrected chi connectivity index (χ4v) is 3.42. The Labute approximate surface area is 132 Å². The van der Waals surface area contributed by atoms with Gasteiger partial charge in [0.25, 0.3) is 0 Å². The average molecular weight is 325 g/mol. The number of nitrogens with zero attached hydrogens (tertiary/aromatic N) is 2. The summed E-state index contributed by atoms with van der Waals surface area (Å²) in [6, 6.07) is 0. The van der Waals surface area contributed by atoms with Crippen LogP contribution in [0.2, 0.25) is 0 Å². The lowest BCUT2D eigenvalue weighted by Gasteiger charge is -2.23. The van der Waals surface area contributed by atoms with Gasteiger partial charge >= 0.3 is 5.97 Å². The van der Waals surface area contributed by atoms with Gasteiger partial charge in [0.05, 0.1) is 24.3 Å². The molecule has 0 fully saturated rings. The van der Waals surface area contributed by atoms with Crippen LogP contribution >= 0.6 is 22.7 Å². The quantitative estimate of drug-likeness (QED) is 0.790. The summed E-state index contributed by atoms with van der Waals surface area (Å²) in [5, 5.41) is 9.19. The van der Waals surface area contributed by atoms with Crippen molar-refractivity contribution in [2.24, 2.45) is 0 Å². The van der Waals surface area contributed by atoms with Crippen molar-refractivity contribution in [1.82, 2.24) is 9.97 Å². The molecular weight excluding hydrogens is 306 g/mol. The minimum atomic E-state index is -0.259. The van der Waals surface area contributed by atoms with Crippen molar-refractivity contribution < 1.29 is 9.53 Å². The number of thiazole rings is 2. The van der Waals surface area contributed by atoms with Crippen LogP contribution in [0, 0.1) is 0 Å². The largest absolute Gasteiger partial charge is 0.466 e. The fraction of sp³-hybridized carbons (Fsp3) is 0.500. The predicted molar refractivity (Wildman–Crippen MR) is 85.8 cm³/mol. The van der Waals surface area contributed by atoms with Crippen molar-refractivity contribution in [1.29, 1.82) is 0 Å². The van der Waals surface area contributed by atoms with Gasteiger partial charge in [-0.1, -0.05) is 0 Å². The van der Waals surface area contributed by atoms with E-state index in [1.165, 1.54) is 0 Å². The molecule has 0 aliphatic heterocycles. The number of carbonyl (C=O) groups is 1. The standard InChI is InChI=1S/C14H19N3O2S2/c1-4-19-11(18)6-5-10-9-21-13(16-10)17-14(2,3)12-15-7-8-20-12/h7-9H,4-6H2,1-3H3,(H,16,17). The molecule has 0 saturated heterocycles. The first kappa shape index (κ1) is 15.9. The van der Waals surface area contributed by atoms with E-state index in [4.69, 9.17) is 4.74 Å². The summed E-state index contributed by atoms with van der Waals surface area (Å²) in [5.41, 5.74) is 0.648. The normalized spacial score (nSPS) is 11.4. The minimum absolute atomic E-state index is 0.178. The summed E-state index contributed by atoms with van der Waals surface area (Å²) >= 11 is 3.16. The van der Waals surface area contributed by atoms with Gasteiger partial charge < -0.3 is 10.1 Å². The van der Waals surface area contributed by atoms with Gasteiger partial charge in [-0.3, -0.25) is 4.79 Å². The average Bonchev–Trinajstić information content (AvgIpc) is 3.07. The molecule has 0 unspecified atom stereocenters. The molecule has 114 valence electrons. The smallest absolute Gasteiger partial charge is 0.306 e. The van der Waals surface area contributed by atoms with Crippen LogP contribution in [0.1, 0.15) is 37.9 Å². The van der Waals surface area contributed by atoms with Gasteiger partial charge in [-0.15, -0.1) is 22.7 Å². The molecule has 5 nitrogen and oxygen atoms in total. The molecule has 2 aromatic heterocycles. The third kappa shape index (κ3) is 4.50. The number of anilines is 1. The van der Waals surface area contributed by atoms with Crippen molar-refractivity contribution in [2.45, 2.75) is 39.2 Å². The van der Waals surface area contributed by atoms with E-state index in [0.29, 0.717) is 19.4 Å². The van der Waals surface area contributed by atoms with E-state index in [1.54, 1.807) is 28.9 Å². The molecule has 21 heavy (non-hydrogen) atoms. The summed E-state index contributed by atoms with van der Waals surface area (Å²) in [6.07, 6.45) is 2.78. The highest BCUT2D eigenvalue weighted by Gasteiger charge is 2.24. The Hall–Kier alpha value is -1.47. The summed E-state index contributed by atoms with van der Waals surface area (Å²) < 4.78 is 4.91. The van der Waals surface area contributed by atoms with Crippen LogP contribution in [0.15, 0.2) is 17.0 Å². The second kappa shape index (κ2) is 7.00. The Morgan fingerprint density at radius 2 is 2.24 bits per heavy atom. The molecule has 0 atom stereocenters. The van der Waals surface area contributed by atoms with Crippen molar-refractivity contribution in [3.8, 4) is 0 Å². The number of ether oxygens (including phenoxy) is 1. The minimum Gasteiger partial charge on any atom is -0.466 e. The number of hydrogen-bond acceptors (Lipinski definition) is 7. The number of aromatic nitrogens is 2. The fourth-order valence-electron chi connectivity index (χ4n) is 1.80. The molecule has 2 heterocycles. The summed E-state index contributed by atoms with van der Waals surface area (Å²) in [7, 11) is 0. The zero-order chi connectivity index (χ0) is 15.3. The molecule has 2 aromatic rings. The predicted octanol–water partition coefficient (Wildman–Crippen LogP) is 3.44. The van der Waals surface area contributed by atoms with Crippen molar-refractivity contribution in [3.05, 3.63) is 27.7 Å². The first-order chi connectivity index (χ1) is 10.0. The van der Waals surface area contributed by atoms with E-state index in [2.05, 4.69) is 29.1 Å². The second-order valence-corrected chi connectivity index (χ2v) is 6.79. The maximum absolute atomic E-state index is 11.3. The number of aryl methyl sites for hydroxylation is 1. The Kier molecular flexibility index (Phi) is 5.30. The van der Waals surface area contributed by atoms with E-state index in [-0.39, 0.29) is 11.5 Å². The van der Waals surface area contributed by atoms with Gasteiger partial charge in [-0.05, 0) is 20.8 Å². The van der Waals surface area contributed by atoms with Gasteiger partial charge in [-0.2, -0.15) is 0 Å². The van der Waals surface area contributed by atoms with Crippen LogP contribution < -0.4 is 5.32 Å². The van der Waals surface area contributed by atoms with Gasteiger partial charge in [0.15, 0.2) is 5.13 Å². The summed E-state index contributed by atoms with van der Waals surface area (Å²) in [4.78, 5) is 20.2. The van der Waals surface area contributed by atoms with Gasteiger partial charge in [-0.25, -0.2) is 9.97 Å². The first-order valence-corrected chi connectivity index (χ1v) is 8.55. The first-order valence-electron chi connectivity index (χ1n) is 6.79. The van der Waals surface area contributed by atoms with Gasteiger partial charge in [0.1, 0.15) is 5.01 Å². The van der Waals surface area contributed by atoms with E-state index >= 15 is 0 Å². The lowest BCUT2D eigenvalue weighted by molar-refractivity contribution is -0.143. The van der Waals surface area contributed by atoms with Crippen molar-refractivity contribution >= 4 is 33.8 Å². The van der Waals surface area contributed by atoms with Crippen molar-refractivity contribution in [3.63, 3.8) is 0 Å². The van der Waals surface area contributed by atoms with Crippen LogP contribution in [0.4, 0.5) is 5.13 Å². The van der Waals surface area contributed by atoms with Crippen molar-refractivity contribution in [2.75, 3.05) is 11.9 Å². The molecule has 2 rings (SSSR count). The molecule has 0 radical (unpaired) electrons. The van der Waals surface area contributed by atoms with E-state index in [0.717, 1.165) is 15.8 Å².